The van der Waals surface area contributed by atoms with E-state index in [1.807, 2.05) is 24.5 Å². The molecule has 3 rings (SSSR count). The van der Waals surface area contributed by atoms with Crippen LogP contribution in [0.1, 0.15) is 31.7 Å². The Hall–Kier alpha value is -1.88. The van der Waals surface area contributed by atoms with Crippen LogP contribution < -0.4 is 4.74 Å². The van der Waals surface area contributed by atoms with E-state index in [2.05, 4.69) is 14.5 Å². The van der Waals surface area contributed by atoms with Crippen LogP contribution in [-0.2, 0) is 0 Å². The molecule has 0 aromatic carbocycles. The summed E-state index contributed by atoms with van der Waals surface area (Å²) in [5.41, 5.74) is 1.01. The quantitative estimate of drug-likeness (QED) is 0.939. The molecule has 0 unspecified atom stereocenters. The molecule has 0 saturated heterocycles. The maximum absolute atomic E-state index is 9.41. The molecule has 0 amide bonds. The van der Waals surface area contributed by atoms with E-state index in [1.54, 1.807) is 13.3 Å². The summed E-state index contributed by atoms with van der Waals surface area (Å²) in [6, 6.07) is 4.27. The Labute approximate surface area is 124 Å². The third kappa shape index (κ3) is 2.93. The summed E-state index contributed by atoms with van der Waals surface area (Å²) in [7, 11) is 1.62. The standard InChI is InChI=1S/C16H21N3O2/c1-21-15-10-13(5-6-17-15)16-18-7-8-19(16)14-4-2-3-12(9-14)11-20/h5-8,10,12,14,20H,2-4,9,11H2,1H3/t12-,14-/m1/s1. The van der Waals surface area contributed by atoms with Crippen molar-refractivity contribution in [2.75, 3.05) is 13.7 Å². The van der Waals surface area contributed by atoms with Gasteiger partial charge in [-0.25, -0.2) is 9.97 Å². The van der Waals surface area contributed by atoms with Gasteiger partial charge in [0.1, 0.15) is 5.82 Å². The summed E-state index contributed by atoms with van der Waals surface area (Å²) in [5, 5.41) is 9.41. The number of rotatable bonds is 4. The number of ether oxygens (including phenoxy) is 1. The first-order valence-corrected chi connectivity index (χ1v) is 7.46. The van der Waals surface area contributed by atoms with Crippen LogP contribution in [0.25, 0.3) is 11.4 Å². The Balaban J connectivity index is 1.89. The molecular formula is C16H21N3O2. The van der Waals surface area contributed by atoms with Crippen molar-refractivity contribution in [2.45, 2.75) is 31.7 Å². The van der Waals surface area contributed by atoms with Crippen LogP contribution in [0.5, 0.6) is 5.88 Å². The predicted octanol–water partition coefficient (Wildman–Crippen LogP) is 2.68. The maximum Gasteiger partial charge on any atom is 0.213 e. The van der Waals surface area contributed by atoms with E-state index in [0.29, 0.717) is 17.8 Å². The van der Waals surface area contributed by atoms with Gasteiger partial charge in [0.2, 0.25) is 5.88 Å². The minimum atomic E-state index is 0.281. The molecule has 0 bridgehead atoms. The van der Waals surface area contributed by atoms with Gasteiger partial charge in [0.25, 0.3) is 0 Å². The molecule has 21 heavy (non-hydrogen) atoms. The number of hydrogen-bond donors (Lipinski definition) is 1. The Morgan fingerprint density at radius 3 is 3.05 bits per heavy atom. The van der Waals surface area contributed by atoms with Crippen molar-refractivity contribution in [3.63, 3.8) is 0 Å². The Bertz CT molecular complexity index is 597. The van der Waals surface area contributed by atoms with Gasteiger partial charge in [0, 0.05) is 42.9 Å². The normalized spacial score (nSPS) is 22.2. The third-order valence-corrected chi connectivity index (χ3v) is 4.28. The second-order valence-electron chi connectivity index (χ2n) is 5.61. The largest absolute Gasteiger partial charge is 0.481 e. The van der Waals surface area contributed by atoms with Gasteiger partial charge in [0.15, 0.2) is 0 Å². The smallest absolute Gasteiger partial charge is 0.213 e. The van der Waals surface area contributed by atoms with Crippen LogP contribution in [0.2, 0.25) is 0 Å². The molecule has 0 aliphatic heterocycles. The highest BCUT2D eigenvalue weighted by atomic mass is 16.5. The topological polar surface area (TPSA) is 60.2 Å². The second-order valence-corrected chi connectivity index (χ2v) is 5.61. The van der Waals surface area contributed by atoms with Crippen molar-refractivity contribution in [1.82, 2.24) is 14.5 Å². The van der Waals surface area contributed by atoms with E-state index in [1.165, 1.54) is 0 Å². The van der Waals surface area contributed by atoms with Crippen molar-refractivity contribution in [3.05, 3.63) is 30.7 Å². The second kappa shape index (κ2) is 6.26. The van der Waals surface area contributed by atoms with E-state index in [-0.39, 0.29) is 6.61 Å². The van der Waals surface area contributed by atoms with Crippen LogP contribution in [0.4, 0.5) is 0 Å². The predicted molar refractivity (Wildman–Crippen MR) is 80.1 cm³/mol. The van der Waals surface area contributed by atoms with Crippen LogP contribution in [0, 0.1) is 5.92 Å². The van der Waals surface area contributed by atoms with Crippen molar-refractivity contribution in [2.24, 2.45) is 5.92 Å². The molecule has 0 radical (unpaired) electrons. The fourth-order valence-corrected chi connectivity index (χ4v) is 3.17. The Morgan fingerprint density at radius 1 is 1.33 bits per heavy atom. The van der Waals surface area contributed by atoms with E-state index in [4.69, 9.17) is 4.74 Å². The monoisotopic (exact) mass is 287 g/mol. The van der Waals surface area contributed by atoms with Crippen molar-refractivity contribution in [1.29, 1.82) is 0 Å². The van der Waals surface area contributed by atoms with E-state index >= 15 is 0 Å². The number of imidazole rings is 1. The first-order chi connectivity index (χ1) is 10.3. The number of methoxy groups -OCH3 is 1. The average Bonchev–Trinajstić information content (AvgIpc) is 3.04. The van der Waals surface area contributed by atoms with Gasteiger partial charge in [0.05, 0.1) is 7.11 Å². The molecule has 0 spiro atoms. The summed E-state index contributed by atoms with van der Waals surface area (Å²) in [5.74, 6) is 1.95. The molecule has 1 fully saturated rings. The van der Waals surface area contributed by atoms with E-state index in [9.17, 15) is 5.11 Å². The lowest BCUT2D eigenvalue weighted by molar-refractivity contribution is 0.163. The molecule has 2 aromatic rings. The Kier molecular flexibility index (Phi) is 4.20. The van der Waals surface area contributed by atoms with E-state index in [0.717, 1.165) is 37.1 Å². The zero-order valence-corrected chi connectivity index (χ0v) is 12.3. The lowest BCUT2D eigenvalue weighted by Gasteiger charge is -2.30. The molecule has 2 aromatic heterocycles. The molecule has 2 atom stereocenters. The summed E-state index contributed by atoms with van der Waals surface area (Å²) >= 11 is 0. The Morgan fingerprint density at radius 2 is 2.24 bits per heavy atom. The number of aromatic nitrogens is 3. The summed E-state index contributed by atoms with van der Waals surface area (Å²) in [6.07, 6.45) is 10.1. The van der Waals surface area contributed by atoms with Crippen LogP contribution in [0.15, 0.2) is 30.7 Å². The lowest BCUT2D eigenvalue weighted by atomic mass is 9.86. The number of hydrogen-bond acceptors (Lipinski definition) is 4. The number of aliphatic hydroxyl groups is 1. The number of nitrogens with zero attached hydrogens (tertiary/aromatic N) is 3. The molecular weight excluding hydrogens is 266 g/mol. The minimum Gasteiger partial charge on any atom is -0.481 e. The molecule has 112 valence electrons. The zero-order chi connectivity index (χ0) is 14.7. The van der Waals surface area contributed by atoms with Crippen molar-refractivity contribution in [3.8, 4) is 17.3 Å². The molecule has 1 aliphatic rings. The third-order valence-electron chi connectivity index (χ3n) is 4.28. The summed E-state index contributed by atoms with van der Waals surface area (Å²) in [6.45, 7) is 0.281. The van der Waals surface area contributed by atoms with Gasteiger partial charge in [-0.3, -0.25) is 0 Å². The number of pyridine rings is 1. The highest BCUT2D eigenvalue weighted by Gasteiger charge is 2.24. The average molecular weight is 287 g/mol. The fraction of sp³-hybridized carbons (Fsp3) is 0.500. The summed E-state index contributed by atoms with van der Waals surface area (Å²) < 4.78 is 7.42. The maximum atomic E-state index is 9.41. The fourth-order valence-electron chi connectivity index (χ4n) is 3.17. The van der Waals surface area contributed by atoms with Gasteiger partial charge in [-0.1, -0.05) is 6.42 Å². The molecule has 1 N–H and O–H groups in total. The number of aliphatic hydroxyl groups excluding tert-OH is 1. The molecule has 5 heteroatoms. The van der Waals surface area contributed by atoms with Crippen LogP contribution in [0.3, 0.4) is 0 Å². The van der Waals surface area contributed by atoms with Gasteiger partial charge in [-0.15, -0.1) is 0 Å². The van der Waals surface area contributed by atoms with E-state index < -0.39 is 0 Å². The molecule has 5 nitrogen and oxygen atoms in total. The molecule has 1 aliphatic carbocycles. The van der Waals surface area contributed by atoms with Crippen molar-refractivity contribution >= 4 is 0 Å². The van der Waals surface area contributed by atoms with Gasteiger partial charge >= 0.3 is 0 Å². The SMILES string of the molecule is COc1cc(-c2nccn2[C@@H]2CCC[C@@H](CO)C2)ccn1. The molecule has 1 saturated carbocycles. The first-order valence-electron chi connectivity index (χ1n) is 7.46. The molecule has 2 heterocycles. The summed E-state index contributed by atoms with van der Waals surface area (Å²) in [4.78, 5) is 8.65. The van der Waals surface area contributed by atoms with Crippen LogP contribution >= 0.6 is 0 Å². The van der Waals surface area contributed by atoms with Crippen LogP contribution in [-0.4, -0.2) is 33.4 Å². The van der Waals surface area contributed by atoms with Crippen molar-refractivity contribution < 1.29 is 9.84 Å². The lowest BCUT2D eigenvalue weighted by Crippen LogP contribution is -2.21. The highest BCUT2D eigenvalue weighted by Crippen LogP contribution is 2.35. The van der Waals surface area contributed by atoms with Gasteiger partial charge in [-0.05, 0) is 31.2 Å². The van der Waals surface area contributed by atoms with Gasteiger partial charge < -0.3 is 14.4 Å². The zero-order valence-electron chi connectivity index (χ0n) is 12.3. The minimum absolute atomic E-state index is 0.281. The van der Waals surface area contributed by atoms with Gasteiger partial charge in [-0.2, -0.15) is 0 Å². The first kappa shape index (κ1) is 14.1. The highest BCUT2D eigenvalue weighted by molar-refractivity contribution is 5.56.